The molecule has 3 nitrogen and oxygen atoms in total. The number of nitrogens with one attached hydrogen (secondary N) is 1. The van der Waals surface area contributed by atoms with Crippen LogP contribution in [-0.4, -0.2) is 43.3 Å². The van der Waals surface area contributed by atoms with Crippen molar-refractivity contribution in [2.45, 2.75) is 25.4 Å². The summed E-state index contributed by atoms with van der Waals surface area (Å²) in [5.41, 5.74) is 1.05. The second kappa shape index (κ2) is 7.44. The average Bonchev–Trinajstić information content (AvgIpc) is 2.37. The van der Waals surface area contributed by atoms with Gasteiger partial charge in [0.25, 0.3) is 0 Å². The minimum Gasteiger partial charge on any atom is -0.491 e. The number of aliphatic hydroxyl groups excluding tert-OH is 1. The Balaban J connectivity index is 2.24. The lowest BCUT2D eigenvalue weighted by molar-refractivity contribution is -0.125. The highest BCUT2D eigenvalue weighted by Crippen LogP contribution is 2.21. The van der Waals surface area contributed by atoms with Crippen molar-refractivity contribution in [3.63, 3.8) is 0 Å². The van der Waals surface area contributed by atoms with Gasteiger partial charge in [0.05, 0.1) is 6.54 Å². The van der Waals surface area contributed by atoms with E-state index in [0.29, 0.717) is 5.75 Å². The van der Waals surface area contributed by atoms with Gasteiger partial charge in [-0.2, -0.15) is 8.78 Å². The van der Waals surface area contributed by atoms with Crippen LogP contribution in [-0.2, 0) is 0 Å². The molecule has 1 aromatic rings. The summed E-state index contributed by atoms with van der Waals surface area (Å²) in [6.45, 7) is 0.350. The van der Waals surface area contributed by atoms with Gasteiger partial charge in [0.2, 0.25) is 0 Å². The van der Waals surface area contributed by atoms with E-state index in [2.05, 4.69) is 5.32 Å². The highest BCUT2D eigenvalue weighted by molar-refractivity contribution is 5.26. The SMILES string of the molecule is Cc1ccc(OCC(O)CNCC(F)(F)C(F)F)cc1. The quantitative estimate of drug-likeness (QED) is 0.723. The molecule has 0 amide bonds. The molecule has 1 atom stereocenters. The van der Waals surface area contributed by atoms with Gasteiger partial charge in [-0.25, -0.2) is 8.78 Å². The summed E-state index contributed by atoms with van der Waals surface area (Å²) in [6.07, 6.45) is -4.79. The van der Waals surface area contributed by atoms with E-state index in [1.54, 1.807) is 12.1 Å². The number of rotatable bonds is 8. The van der Waals surface area contributed by atoms with Crippen LogP contribution in [0.5, 0.6) is 5.75 Å². The molecule has 0 aliphatic heterocycles. The maximum absolute atomic E-state index is 12.6. The molecule has 0 heterocycles. The molecule has 0 bridgehead atoms. The highest BCUT2D eigenvalue weighted by atomic mass is 19.3. The molecular weight excluding hydrogens is 278 g/mol. The number of aliphatic hydroxyl groups is 1. The number of ether oxygens (including phenoxy) is 1. The zero-order chi connectivity index (χ0) is 15.2. The smallest absolute Gasteiger partial charge is 0.319 e. The summed E-state index contributed by atoms with van der Waals surface area (Å²) in [5, 5.41) is 11.6. The molecule has 114 valence electrons. The zero-order valence-corrected chi connectivity index (χ0v) is 11.0. The van der Waals surface area contributed by atoms with E-state index in [0.717, 1.165) is 5.56 Å². The Bertz CT molecular complexity index is 398. The van der Waals surface area contributed by atoms with Gasteiger partial charge in [0, 0.05) is 6.54 Å². The van der Waals surface area contributed by atoms with Crippen LogP contribution < -0.4 is 10.1 Å². The molecule has 2 N–H and O–H groups in total. The molecule has 1 rings (SSSR count). The summed E-state index contributed by atoms with van der Waals surface area (Å²) < 4.78 is 54.1. The highest BCUT2D eigenvalue weighted by Gasteiger charge is 2.40. The normalized spacial score (nSPS) is 13.6. The maximum Gasteiger partial charge on any atom is 0.319 e. The maximum atomic E-state index is 12.6. The fourth-order valence-electron chi connectivity index (χ4n) is 1.37. The van der Waals surface area contributed by atoms with Crippen LogP contribution in [0, 0.1) is 6.92 Å². The third-order valence-electron chi connectivity index (χ3n) is 2.52. The van der Waals surface area contributed by atoms with Crippen molar-refractivity contribution in [1.29, 1.82) is 0 Å². The minimum absolute atomic E-state index is 0.115. The molecule has 0 fully saturated rings. The lowest BCUT2D eigenvalue weighted by Crippen LogP contribution is -2.42. The van der Waals surface area contributed by atoms with Crippen LogP contribution in [0.25, 0.3) is 0 Å². The van der Waals surface area contributed by atoms with Gasteiger partial charge < -0.3 is 15.2 Å². The van der Waals surface area contributed by atoms with Crippen LogP contribution in [0.3, 0.4) is 0 Å². The Morgan fingerprint density at radius 2 is 1.85 bits per heavy atom. The van der Waals surface area contributed by atoms with E-state index in [-0.39, 0.29) is 13.2 Å². The van der Waals surface area contributed by atoms with Crippen molar-refractivity contribution < 1.29 is 27.4 Å². The zero-order valence-electron chi connectivity index (χ0n) is 11.0. The second-order valence-corrected chi connectivity index (χ2v) is 4.47. The van der Waals surface area contributed by atoms with E-state index < -0.39 is 25.0 Å². The number of hydrogen-bond acceptors (Lipinski definition) is 3. The van der Waals surface area contributed by atoms with E-state index in [1.807, 2.05) is 19.1 Å². The molecule has 0 saturated heterocycles. The number of alkyl halides is 4. The van der Waals surface area contributed by atoms with Gasteiger partial charge in [-0.15, -0.1) is 0 Å². The first-order valence-electron chi connectivity index (χ1n) is 6.05. The van der Waals surface area contributed by atoms with Gasteiger partial charge in [0.1, 0.15) is 18.5 Å². The topological polar surface area (TPSA) is 41.5 Å². The summed E-state index contributed by atoms with van der Waals surface area (Å²) in [7, 11) is 0. The minimum atomic E-state index is -4.10. The predicted octanol–water partition coefficient (Wildman–Crippen LogP) is 2.22. The molecule has 7 heteroatoms. The molecule has 0 aromatic heterocycles. The third-order valence-corrected chi connectivity index (χ3v) is 2.52. The first kappa shape index (κ1) is 16.7. The van der Waals surface area contributed by atoms with Crippen LogP contribution in [0.2, 0.25) is 0 Å². The Labute approximate surface area is 114 Å². The molecule has 1 unspecified atom stereocenters. The van der Waals surface area contributed by atoms with Gasteiger partial charge >= 0.3 is 12.3 Å². The Morgan fingerprint density at radius 3 is 2.40 bits per heavy atom. The predicted molar refractivity (Wildman–Crippen MR) is 66.5 cm³/mol. The first-order valence-corrected chi connectivity index (χ1v) is 6.05. The van der Waals surface area contributed by atoms with E-state index in [4.69, 9.17) is 4.74 Å². The molecule has 1 aromatic carbocycles. The van der Waals surface area contributed by atoms with Crippen LogP contribution >= 0.6 is 0 Å². The number of hydrogen-bond donors (Lipinski definition) is 2. The number of aryl methyl sites for hydroxylation is 1. The van der Waals surface area contributed by atoms with Crippen molar-refractivity contribution in [1.82, 2.24) is 5.32 Å². The number of halogens is 4. The molecule has 0 radical (unpaired) electrons. The summed E-state index contributed by atoms with van der Waals surface area (Å²) in [5.74, 6) is -3.56. The van der Waals surface area contributed by atoms with Crippen LogP contribution in [0.15, 0.2) is 24.3 Å². The van der Waals surface area contributed by atoms with Gasteiger partial charge in [-0.05, 0) is 19.1 Å². The second-order valence-electron chi connectivity index (χ2n) is 4.47. The van der Waals surface area contributed by atoms with E-state index in [9.17, 15) is 22.7 Å². The molecule has 0 aliphatic rings. The van der Waals surface area contributed by atoms with Crippen molar-refractivity contribution in [2.24, 2.45) is 0 Å². The molecular formula is C13H17F4NO2. The number of benzene rings is 1. The molecule has 0 spiro atoms. The molecule has 0 aliphatic carbocycles. The average molecular weight is 295 g/mol. The molecule has 20 heavy (non-hydrogen) atoms. The largest absolute Gasteiger partial charge is 0.491 e. The molecule has 0 saturated carbocycles. The summed E-state index contributed by atoms with van der Waals surface area (Å²) >= 11 is 0. The van der Waals surface area contributed by atoms with Gasteiger partial charge in [0.15, 0.2) is 0 Å². The van der Waals surface area contributed by atoms with Crippen molar-refractivity contribution in [2.75, 3.05) is 19.7 Å². The van der Waals surface area contributed by atoms with Crippen LogP contribution in [0.1, 0.15) is 5.56 Å². The lowest BCUT2D eigenvalue weighted by atomic mass is 10.2. The fraction of sp³-hybridized carbons (Fsp3) is 0.538. The summed E-state index contributed by atoms with van der Waals surface area (Å²) in [6, 6.07) is 7.06. The van der Waals surface area contributed by atoms with E-state index >= 15 is 0 Å². The van der Waals surface area contributed by atoms with Crippen LogP contribution in [0.4, 0.5) is 17.6 Å². The van der Waals surface area contributed by atoms with Gasteiger partial charge in [-0.3, -0.25) is 0 Å². The summed E-state index contributed by atoms with van der Waals surface area (Å²) in [4.78, 5) is 0. The lowest BCUT2D eigenvalue weighted by Gasteiger charge is -2.18. The Kier molecular flexibility index (Phi) is 6.22. The van der Waals surface area contributed by atoms with Crippen molar-refractivity contribution >= 4 is 0 Å². The van der Waals surface area contributed by atoms with Crippen molar-refractivity contribution in [3.05, 3.63) is 29.8 Å². The first-order chi connectivity index (χ1) is 9.31. The Morgan fingerprint density at radius 1 is 1.25 bits per heavy atom. The Hall–Kier alpha value is -1.34. The van der Waals surface area contributed by atoms with Crippen molar-refractivity contribution in [3.8, 4) is 5.75 Å². The standard InChI is InChI=1S/C13H17F4NO2/c1-9-2-4-11(5-3-9)20-7-10(19)6-18-8-13(16,17)12(14)15/h2-5,10,12,18-19H,6-8H2,1H3. The van der Waals surface area contributed by atoms with Gasteiger partial charge in [-0.1, -0.05) is 17.7 Å². The monoisotopic (exact) mass is 295 g/mol. The fourth-order valence-corrected chi connectivity index (χ4v) is 1.37. The van der Waals surface area contributed by atoms with E-state index in [1.165, 1.54) is 0 Å². The third kappa shape index (κ3) is 5.75.